The van der Waals surface area contributed by atoms with E-state index in [1.807, 2.05) is 4.90 Å². The fourth-order valence-electron chi connectivity index (χ4n) is 5.00. The van der Waals surface area contributed by atoms with Crippen molar-refractivity contribution in [1.29, 1.82) is 0 Å². The standard InChI is InChI=1S/C22H30BrFN2O2/c23-21-7-6-18(24)13-17(21)12-16-8-10-25(11-9-16)14-20-15-26(22(27)28-20)19-4-2-1-3-5-19/h6-7,13,16,19-20H,1-5,8-12,14-15H2. The third kappa shape index (κ3) is 4.88. The Hall–Kier alpha value is -1.14. The van der Waals surface area contributed by atoms with Crippen LogP contribution in [0.2, 0.25) is 0 Å². The molecule has 0 radical (unpaired) electrons. The maximum atomic E-state index is 13.5. The van der Waals surface area contributed by atoms with E-state index in [0.29, 0.717) is 12.0 Å². The molecule has 2 aliphatic heterocycles. The number of piperidine rings is 1. The Bertz CT molecular complexity index is 687. The van der Waals surface area contributed by atoms with Gasteiger partial charge in [-0.05, 0) is 74.9 Å². The normalized spacial score (nSPS) is 25.3. The minimum atomic E-state index is -0.166. The molecule has 2 heterocycles. The average Bonchev–Trinajstić information content (AvgIpc) is 3.07. The van der Waals surface area contributed by atoms with Gasteiger partial charge in [-0.2, -0.15) is 0 Å². The van der Waals surface area contributed by atoms with Crippen LogP contribution in [0, 0.1) is 11.7 Å². The number of nitrogens with zero attached hydrogens (tertiary/aromatic N) is 2. The molecule has 0 N–H and O–H groups in total. The van der Waals surface area contributed by atoms with Crippen LogP contribution in [0.5, 0.6) is 0 Å². The van der Waals surface area contributed by atoms with Gasteiger partial charge < -0.3 is 9.64 Å². The molecule has 3 aliphatic rings. The predicted molar refractivity (Wildman–Crippen MR) is 111 cm³/mol. The van der Waals surface area contributed by atoms with Crippen molar-refractivity contribution in [1.82, 2.24) is 9.80 Å². The first kappa shape index (κ1) is 20.1. The molecule has 28 heavy (non-hydrogen) atoms. The summed E-state index contributed by atoms with van der Waals surface area (Å²) in [6.07, 6.45) is 9.04. The topological polar surface area (TPSA) is 32.8 Å². The van der Waals surface area contributed by atoms with E-state index < -0.39 is 0 Å². The summed E-state index contributed by atoms with van der Waals surface area (Å²) < 4.78 is 20.2. The number of ether oxygens (including phenoxy) is 1. The van der Waals surface area contributed by atoms with E-state index in [4.69, 9.17) is 4.74 Å². The van der Waals surface area contributed by atoms with Crippen LogP contribution in [0.1, 0.15) is 50.5 Å². The highest BCUT2D eigenvalue weighted by molar-refractivity contribution is 9.10. The third-order valence-corrected chi connectivity index (χ3v) is 7.38. The lowest BCUT2D eigenvalue weighted by Gasteiger charge is -2.33. The van der Waals surface area contributed by atoms with E-state index in [9.17, 15) is 9.18 Å². The summed E-state index contributed by atoms with van der Waals surface area (Å²) in [6.45, 7) is 3.63. The van der Waals surface area contributed by atoms with Crippen molar-refractivity contribution >= 4 is 22.0 Å². The van der Waals surface area contributed by atoms with Gasteiger partial charge in [-0.1, -0.05) is 35.2 Å². The van der Waals surface area contributed by atoms with Gasteiger partial charge in [0.05, 0.1) is 6.54 Å². The van der Waals surface area contributed by atoms with Gasteiger partial charge in [0, 0.05) is 17.1 Å². The second-order valence-corrected chi connectivity index (χ2v) is 9.49. The third-order valence-electron chi connectivity index (χ3n) is 6.60. The fraction of sp³-hybridized carbons (Fsp3) is 0.682. The summed E-state index contributed by atoms with van der Waals surface area (Å²) in [7, 11) is 0. The van der Waals surface area contributed by atoms with Gasteiger partial charge >= 0.3 is 6.09 Å². The smallest absolute Gasteiger partial charge is 0.410 e. The Labute approximate surface area is 175 Å². The van der Waals surface area contributed by atoms with E-state index >= 15 is 0 Å². The van der Waals surface area contributed by atoms with Crippen molar-refractivity contribution in [3.05, 3.63) is 34.1 Å². The molecular weight excluding hydrogens is 423 g/mol. The number of amides is 1. The number of likely N-dealkylation sites (tertiary alicyclic amines) is 1. The van der Waals surface area contributed by atoms with Crippen LogP contribution >= 0.6 is 15.9 Å². The van der Waals surface area contributed by atoms with Gasteiger partial charge in [-0.25, -0.2) is 9.18 Å². The SMILES string of the molecule is O=C1OC(CN2CCC(Cc3cc(F)ccc3Br)CC2)CN1C1CCCCC1. The molecule has 0 spiro atoms. The zero-order chi connectivity index (χ0) is 19.5. The number of carbonyl (C=O) groups is 1. The van der Waals surface area contributed by atoms with Crippen LogP contribution in [-0.4, -0.2) is 54.2 Å². The van der Waals surface area contributed by atoms with Crippen molar-refractivity contribution in [2.75, 3.05) is 26.2 Å². The second kappa shape index (κ2) is 9.12. The Morgan fingerprint density at radius 2 is 1.86 bits per heavy atom. The molecule has 1 amide bonds. The van der Waals surface area contributed by atoms with Gasteiger partial charge in [0.2, 0.25) is 0 Å². The van der Waals surface area contributed by atoms with Gasteiger partial charge in [-0.3, -0.25) is 4.90 Å². The van der Waals surface area contributed by atoms with E-state index in [0.717, 1.165) is 68.3 Å². The number of rotatable bonds is 5. The number of hydrogen-bond donors (Lipinski definition) is 0. The summed E-state index contributed by atoms with van der Waals surface area (Å²) >= 11 is 3.54. The minimum Gasteiger partial charge on any atom is -0.443 e. The second-order valence-electron chi connectivity index (χ2n) is 8.63. The number of hydrogen-bond acceptors (Lipinski definition) is 3. The van der Waals surface area contributed by atoms with E-state index in [2.05, 4.69) is 20.8 Å². The molecule has 1 unspecified atom stereocenters. The Balaban J connectivity index is 1.23. The van der Waals surface area contributed by atoms with Crippen LogP contribution < -0.4 is 0 Å². The largest absolute Gasteiger partial charge is 0.443 e. The Morgan fingerprint density at radius 3 is 2.61 bits per heavy atom. The maximum absolute atomic E-state index is 13.5. The molecule has 4 nitrogen and oxygen atoms in total. The highest BCUT2D eigenvalue weighted by atomic mass is 79.9. The lowest BCUT2D eigenvalue weighted by Crippen LogP contribution is -2.42. The molecule has 1 aromatic carbocycles. The van der Waals surface area contributed by atoms with Crippen LogP contribution in [-0.2, 0) is 11.2 Å². The number of cyclic esters (lactones) is 1. The summed E-state index contributed by atoms with van der Waals surface area (Å²) in [5.41, 5.74) is 1.06. The zero-order valence-electron chi connectivity index (χ0n) is 16.4. The summed E-state index contributed by atoms with van der Waals surface area (Å²) in [4.78, 5) is 16.7. The Morgan fingerprint density at radius 1 is 1.11 bits per heavy atom. The Kier molecular flexibility index (Phi) is 6.56. The van der Waals surface area contributed by atoms with Crippen molar-refractivity contribution in [2.24, 2.45) is 5.92 Å². The van der Waals surface area contributed by atoms with Gasteiger partial charge in [0.25, 0.3) is 0 Å². The van der Waals surface area contributed by atoms with E-state index in [-0.39, 0.29) is 18.0 Å². The molecule has 3 fully saturated rings. The molecule has 1 saturated carbocycles. The van der Waals surface area contributed by atoms with Gasteiger partial charge in [-0.15, -0.1) is 0 Å². The summed E-state index contributed by atoms with van der Waals surface area (Å²) in [6, 6.07) is 5.33. The average molecular weight is 453 g/mol. The van der Waals surface area contributed by atoms with Crippen molar-refractivity contribution in [3.8, 4) is 0 Å². The number of carbonyl (C=O) groups excluding carboxylic acids is 1. The van der Waals surface area contributed by atoms with Crippen LogP contribution in [0.3, 0.4) is 0 Å². The number of benzene rings is 1. The molecular formula is C22H30BrFN2O2. The lowest BCUT2D eigenvalue weighted by atomic mass is 9.90. The molecule has 6 heteroatoms. The summed E-state index contributed by atoms with van der Waals surface area (Å²) in [5.74, 6) is 0.417. The first-order valence-electron chi connectivity index (χ1n) is 10.7. The quantitative estimate of drug-likeness (QED) is 0.630. The van der Waals surface area contributed by atoms with Gasteiger partial charge in [0.1, 0.15) is 11.9 Å². The first-order valence-corrected chi connectivity index (χ1v) is 11.5. The fourth-order valence-corrected chi connectivity index (χ4v) is 5.41. The highest BCUT2D eigenvalue weighted by Crippen LogP contribution is 2.29. The van der Waals surface area contributed by atoms with Crippen LogP contribution in [0.25, 0.3) is 0 Å². The van der Waals surface area contributed by atoms with Crippen molar-refractivity contribution < 1.29 is 13.9 Å². The molecule has 4 rings (SSSR count). The molecule has 1 atom stereocenters. The zero-order valence-corrected chi connectivity index (χ0v) is 18.0. The van der Waals surface area contributed by atoms with Gasteiger partial charge in [0.15, 0.2) is 0 Å². The van der Waals surface area contributed by atoms with Crippen molar-refractivity contribution in [3.63, 3.8) is 0 Å². The number of halogens is 2. The predicted octanol–water partition coefficient (Wildman–Crippen LogP) is 5.00. The minimum absolute atomic E-state index is 0.00309. The van der Waals surface area contributed by atoms with Crippen molar-refractivity contribution in [2.45, 2.75) is 63.5 Å². The van der Waals surface area contributed by atoms with E-state index in [1.54, 1.807) is 12.1 Å². The monoisotopic (exact) mass is 452 g/mol. The molecule has 0 bridgehead atoms. The molecule has 154 valence electrons. The van der Waals surface area contributed by atoms with Crippen LogP contribution in [0.4, 0.5) is 9.18 Å². The first-order chi connectivity index (χ1) is 13.6. The molecule has 2 saturated heterocycles. The van der Waals surface area contributed by atoms with Crippen LogP contribution in [0.15, 0.2) is 22.7 Å². The molecule has 1 aromatic rings. The molecule has 0 aromatic heterocycles. The van der Waals surface area contributed by atoms with E-state index in [1.165, 1.54) is 25.3 Å². The molecule has 1 aliphatic carbocycles. The summed E-state index contributed by atoms with van der Waals surface area (Å²) in [5, 5.41) is 0. The lowest BCUT2D eigenvalue weighted by molar-refractivity contribution is 0.0896. The maximum Gasteiger partial charge on any atom is 0.410 e. The highest BCUT2D eigenvalue weighted by Gasteiger charge is 2.37.